The summed E-state index contributed by atoms with van der Waals surface area (Å²) in [6.07, 6.45) is 0. The smallest absolute Gasteiger partial charge is 0.134 e. The summed E-state index contributed by atoms with van der Waals surface area (Å²) >= 11 is 10.6. The molecule has 21 heavy (non-hydrogen) atoms. The molecule has 0 saturated carbocycles. The van der Waals surface area contributed by atoms with E-state index < -0.39 is 0 Å². The Bertz CT molecular complexity index is 799. The van der Waals surface area contributed by atoms with Crippen molar-refractivity contribution in [1.29, 1.82) is 0 Å². The third-order valence-electron chi connectivity index (χ3n) is 3.22. The first-order valence-electron chi connectivity index (χ1n) is 6.39. The maximum Gasteiger partial charge on any atom is 0.134 e. The van der Waals surface area contributed by atoms with Gasteiger partial charge in [0.25, 0.3) is 0 Å². The van der Waals surface area contributed by atoms with Crippen LogP contribution in [0.3, 0.4) is 0 Å². The molecule has 3 aromatic carbocycles. The molecule has 0 fully saturated rings. The molecule has 0 aliphatic carbocycles. The lowest BCUT2D eigenvalue weighted by molar-refractivity contribution is 0.303. The number of fused-ring (bicyclic) bond motifs is 1. The van der Waals surface area contributed by atoms with Crippen LogP contribution < -0.4 is 4.74 Å². The first kappa shape index (κ1) is 15.1. The third-order valence-corrected chi connectivity index (χ3v) is 5.27. The Balaban J connectivity index is 1.87. The second kappa shape index (κ2) is 6.51. The fraction of sp³-hybridized carbons (Fsp3) is 0.0588. The molecular weight excluding hydrogens is 460 g/mol. The number of benzene rings is 3. The van der Waals surface area contributed by atoms with Gasteiger partial charge >= 0.3 is 0 Å². The minimum absolute atomic E-state index is 0.519. The molecule has 4 heteroatoms. The summed E-state index contributed by atoms with van der Waals surface area (Å²) in [5.41, 5.74) is 1.13. The Labute approximate surface area is 148 Å². The predicted octanol–water partition coefficient (Wildman–Crippen LogP) is 6.71. The van der Waals surface area contributed by atoms with Crippen LogP contribution >= 0.6 is 47.8 Å². The van der Waals surface area contributed by atoms with E-state index in [0.717, 1.165) is 24.7 Å². The van der Waals surface area contributed by atoms with Gasteiger partial charge in [-0.1, -0.05) is 52.3 Å². The maximum absolute atomic E-state index is 5.91. The molecule has 0 aliphatic rings. The van der Waals surface area contributed by atoms with Gasteiger partial charge in [0.2, 0.25) is 0 Å². The summed E-state index contributed by atoms with van der Waals surface area (Å²) in [4.78, 5) is 0. The average Bonchev–Trinajstić information content (AvgIpc) is 2.48. The lowest BCUT2D eigenvalue weighted by Gasteiger charge is -2.11. The van der Waals surface area contributed by atoms with E-state index in [0.29, 0.717) is 6.61 Å². The van der Waals surface area contributed by atoms with Gasteiger partial charge in [-0.2, -0.15) is 0 Å². The monoisotopic (exact) mass is 468 g/mol. The average molecular weight is 471 g/mol. The molecule has 0 atom stereocenters. The minimum atomic E-state index is 0.519. The second-order valence-electron chi connectivity index (χ2n) is 4.62. The zero-order chi connectivity index (χ0) is 14.8. The molecule has 0 saturated heterocycles. The van der Waals surface area contributed by atoms with Crippen molar-refractivity contribution < 1.29 is 4.74 Å². The lowest BCUT2D eigenvalue weighted by atomic mass is 10.1. The molecule has 0 bridgehead atoms. The zero-order valence-electron chi connectivity index (χ0n) is 10.9. The normalized spacial score (nSPS) is 10.8. The summed E-state index contributed by atoms with van der Waals surface area (Å²) in [6.45, 7) is 0.519. The van der Waals surface area contributed by atoms with Crippen LogP contribution in [0.25, 0.3) is 10.8 Å². The fourth-order valence-electron chi connectivity index (χ4n) is 2.14. The molecule has 0 aliphatic heterocycles. The predicted molar refractivity (Wildman–Crippen MR) is 97.8 cm³/mol. The molecule has 0 aromatic heterocycles. The number of halogens is 3. The summed E-state index contributed by atoms with van der Waals surface area (Å²) in [6, 6.07) is 18.4. The Hall–Kier alpha value is -0.840. The van der Waals surface area contributed by atoms with E-state index in [9.17, 15) is 0 Å². The van der Waals surface area contributed by atoms with Crippen molar-refractivity contribution >= 4 is 58.6 Å². The van der Waals surface area contributed by atoms with Gasteiger partial charge in [0.05, 0.1) is 4.47 Å². The first-order chi connectivity index (χ1) is 10.1. The molecule has 0 heterocycles. The van der Waals surface area contributed by atoms with Crippen molar-refractivity contribution in [1.82, 2.24) is 0 Å². The van der Waals surface area contributed by atoms with Gasteiger partial charge in [0, 0.05) is 14.5 Å². The van der Waals surface area contributed by atoms with Crippen LogP contribution in [0.2, 0.25) is 0 Å². The van der Waals surface area contributed by atoms with E-state index in [1.807, 2.05) is 30.3 Å². The first-order valence-corrected chi connectivity index (χ1v) is 8.77. The number of rotatable bonds is 3. The van der Waals surface area contributed by atoms with E-state index in [1.165, 1.54) is 10.8 Å². The molecule has 3 rings (SSSR count). The molecule has 0 amide bonds. The van der Waals surface area contributed by atoms with Crippen LogP contribution in [0.5, 0.6) is 5.75 Å². The second-order valence-corrected chi connectivity index (χ2v) is 7.19. The summed E-state index contributed by atoms with van der Waals surface area (Å²) in [5.74, 6) is 0.832. The van der Waals surface area contributed by atoms with Crippen molar-refractivity contribution in [2.24, 2.45) is 0 Å². The quantitative estimate of drug-likeness (QED) is 0.413. The summed E-state index contributed by atoms with van der Waals surface area (Å²) in [7, 11) is 0. The number of hydrogen-bond donors (Lipinski definition) is 0. The van der Waals surface area contributed by atoms with Gasteiger partial charge in [-0.25, -0.2) is 0 Å². The van der Waals surface area contributed by atoms with Gasteiger partial charge in [0.1, 0.15) is 12.4 Å². The van der Waals surface area contributed by atoms with Crippen LogP contribution in [0.15, 0.2) is 68.0 Å². The highest BCUT2D eigenvalue weighted by Crippen LogP contribution is 2.31. The highest BCUT2D eigenvalue weighted by atomic mass is 79.9. The molecule has 106 valence electrons. The molecule has 0 N–H and O–H groups in total. The number of ether oxygens (including phenoxy) is 1. The van der Waals surface area contributed by atoms with Crippen LogP contribution in [0.1, 0.15) is 5.56 Å². The minimum Gasteiger partial charge on any atom is -0.488 e. The van der Waals surface area contributed by atoms with Crippen LogP contribution in [-0.2, 0) is 6.61 Å². The van der Waals surface area contributed by atoms with Crippen molar-refractivity contribution in [3.8, 4) is 5.75 Å². The van der Waals surface area contributed by atoms with E-state index >= 15 is 0 Å². The van der Waals surface area contributed by atoms with Gasteiger partial charge in [-0.3, -0.25) is 0 Å². The van der Waals surface area contributed by atoms with E-state index in [1.54, 1.807) is 0 Å². The topological polar surface area (TPSA) is 9.23 Å². The molecule has 1 nitrogen and oxygen atoms in total. The van der Waals surface area contributed by atoms with Crippen LogP contribution in [-0.4, -0.2) is 0 Å². The molecular formula is C17H11Br3O. The summed E-state index contributed by atoms with van der Waals surface area (Å²) in [5, 5.41) is 2.42. The molecule has 0 unspecified atom stereocenters. The Morgan fingerprint density at radius 2 is 1.67 bits per heavy atom. The van der Waals surface area contributed by atoms with E-state index in [4.69, 9.17) is 4.74 Å². The zero-order valence-corrected chi connectivity index (χ0v) is 15.7. The van der Waals surface area contributed by atoms with Gasteiger partial charge < -0.3 is 4.74 Å². The largest absolute Gasteiger partial charge is 0.488 e. The maximum atomic E-state index is 5.91. The molecule has 3 aromatic rings. The van der Waals surface area contributed by atoms with Crippen LogP contribution in [0, 0.1) is 0 Å². The van der Waals surface area contributed by atoms with Crippen molar-refractivity contribution in [3.63, 3.8) is 0 Å². The van der Waals surface area contributed by atoms with Crippen molar-refractivity contribution in [2.75, 3.05) is 0 Å². The SMILES string of the molecule is Brc1ccc(OCc2ccc3ccccc3c2Br)c(Br)c1. The Morgan fingerprint density at radius 3 is 2.48 bits per heavy atom. The van der Waals surface area contributed by atoms with Gasteiger partial charge in [-0.05, 0) is 60.8 Å². The lowest BCUT2D eigenvalue weighted by Crippen LogP contribution is -1.97. The molecule has 0 radical (unpaired) electrons. The Morgan fingerprint density at radius 1 is 0.857 bits per heavy atom. The highest BCUT2D eigenvalue weighted by Gasteiger charge is 2.07. The summed E-state index contributed by atoms with van der Waals surface area (Å²) < 4.78 is 8.96. The van der Waals surface area contributed by atoms with Gasteiger partial charge in [0.15, 0.2) is 0 Å². The van der Waals surface area contributed by atoms with Gasteiger partial charge in [-0.15, -0.1) is 0 Å². The molecule has 0 spiro atoms. The highest BCUT2D eigenvalue weighted by molar-refractivity contribution is 9.11. The standard InChI is InChI=1S/C17H11Br3O/c18-13-7-8-16(15(19)9-13)21-10-12-6-5-11-3-1-2-4-14(11)17(12)20/h1-9H,10H2. The van der Waals surface area contributed by atoms with Crippen molar-refractivity contribution in [3.05, 3.63) is 73.6 Å². The Kier molecular flexibility index (Phi) is 4.67. The van der Waals surface area contributed by atoms with Crippen molar-refractivity contribution in [2.45, 2.75) is 6.61 Å². The fourth-order valence-corrected chi connectivity index (χ4v) is 3.91. The van der Waals surface area contributed by atoms with E-state index in [-0.39, 0.29) is 0 Å². The van der Waals surface area contributed by atoms with Crippen LogP contribution in [0.4, 0.5) is 0 Å². The third kappa shape index (κ3) is 3.33. The van der Waals surface area contributed by atoms with E-state index in [2.05, 4.69) is 72.1 Å². The number of hydrogen-bond acceptors (Lipinski definition) is 1.